The number of nitrogens with zero attached hydrogens (tertiary/aromatic N) is 1. The Morgan fingerprint density at radius 2 is 1.81 bits per heavy atom. The van der Waals surface area contributed by atoms with Crippen LogP contribution in [-0.4, -0.2) is 20.5 Å². The second-order valence-electron chi connectivity index (χ2n) is 4.55. The Morgan fingerprint density at radius 3 is 2.48 bits per heavy atom. The quantitative estimate of drug-likeness (QED) is 0.691. The Labute approximate surface area is 127 Å². The summed E-state index contributed by atoms with van der Waals surface area (Å²) in [4.78, 5) is 4.58. The smallest absolute Gasteiger partial charge is 0.271 e. The van der Waals surface area contributed by atoms with Crippen LogP contribution in [0.15, 0.2) is 48.5 Å². The van der Waals surface area contributed by atoms with Crippen molar-refractivity contribution in [2.24, 2.45) is 0 Å². The molecule has 108 valence electrons. The van der Waals surface area contributed by atoms with E-state index in [1.807, 2.05) is 36.4 Å². The highest BCUT2D eigenvalue weighted by molar-refractivity contribution is 7.85. The van der Waals surface area contributed by atoms with E-state index in [-0.39, 0.29) is 5.75 Å². The van der Waals surface area contributed by atoms with Gasteiger partial charge >= 0.3 is 0 Å². The standard InChI is InChI=1S/C15H13NO3S2/c1-19-21(17,18)10-11-6-8-12(9-7-11)15-16-13-4-2-3-5-14(13)20-15/h2-9H,10H2,1H3. The van der Waals surface area contributed by atoms with Crippen molar-refractivity contribution in [2.45, 2.75) is 5.75 Å². The van der Waals surface area contributed by atoms with Gasteiger partial charge in [0.25, 0.3) is 10.1 Å². The van der Waals surface area contributed by atoms with Gasteiger partial charge in [0.05, 0.1) is 17.3 Å². The molecule has 4 nitrogen and oxygen atoms in total. The van der Waals surface area contributed by atoms with Crippen molar-refractivity contribution in [2.75, 3.05) is 7.11 Å². The molecule has 3 rings (SSSR count). The molecule has 0 aliphatic heterocycles. The highest BCUT2D eigenvalue weighted by atomic mass is 32.2. The minimum atomic E-state index is -3.48. The molecule has 0 amide bonds. The predicted octanol–water partition coefficient (Wildman–Crippen LogP) is 3.44. The van der Waals surface area contributed by atoms with E-state index < -0.39 is 10.1 Å². The van der Waals surface area contributed by atoms with Gasteiger partial charge in [-0.15, -0.1) is 11.3 Å². The van der Waals surface area contributed by atoms with Gasteiger partial charge in [0.15, 0.2) is 0 Å². The highest BCUT2D eigenvalue weighted by Gasteiger charge is 2.11. The van der Waals surface area contributed by atoms with Gasteiger partial charge in [-0.1, -0.05) is 36.4 Å². The molecule has 0 saturated heterocycles. The van der Waals surface area contributed by atoms with E-state index in [1.54, 1.807) is 23.5 Å². The summed E-state index contributed by atoms with van der Waals surface area (Å²) >= 11 is 1.62. The first-order chi connectivity index (χ1) is 10.1. The van der Waals surface area contributed by atoms with Gasteiger partial charge in [-0.3, -0.25) is 4.18 Å². The van der Waals surface area contributed by atoms with Gasteiger partial charge in [-0.2, -0.15) is 8.42 Å². The molecule has 0 aliphatic carbocycles. The minimum absolute atomic E-state index is 0.121. The summed E-state index contributed by atoms with van der Waals surface area (Å²) in [6.07, 6.45) is 0. The zero-order chi connectivity index (χ0) is 14.9. The maximum absolute atomic E-state index is 11.4. The number of hydrogen-bond acceptors (Lipinski definition) is 5. The zero-order valence-electron chi connectivity index (χ0n) is 11.3. The van der Waals surface area contributed by atoms with Crippen molar-refractivity contribution in [3.8, 4) is 10.6 Å². The fourth-order valence-electron chi connectivity index (χ4n) is 2.00. The molecule has 1 heterocycles. The second-order valence-corrected chi connectivity index (χ2v) is 7.32. The van der Waals surface area contributed by atoms with Crippen molar-refractivity contribution in [3.63, 3.8) is 0 Å². The van der Waals surface area contributed by atoms with E-state index in [9.17, 15) is 8.42 Å². The third-order valence-electron chi connectivity index (χ3n) is 3.09. The van der Waals surface area contributed by atoms with Crippen molar-refractivity contribution < 1.29 is 12.6 Å². The first kappa shape index (κ1) is 14.2. The molecule has 3 aromatic rings. The molecule has 0 unspecified atom stereocenters. The van der Waals surface area contributed by atoms with Gasteiger partial charge in [0.1, 0.15) is 10.8 Å². The minimum Gasteiger partial charge on any atom is -0.273 e. The number of para-hydroxylation sites is 1. The normalized spacial score (nSPS) is 11.9. The topological polar surface area (TPSA) is 56.3 Å². The van der Waals surface area contributed by atoms with Gasteiger partial charge in [-0.05, 0) is 17.7 Å². The largest absolute Gasteiger partial charge is 0.273 e. The predicted molar refractivity (Wildman–Crippen MR) is 84.7 cm³/mol. The Bertz CT molecular complexity index is 834. The number of benzene rings is 2. The average molecular weight is 319 g/mol. The van der Waals surface area contributed by atoms with Crippen LogP contribution in [0.3, 0.4) is 0 Å². The molecule has 0 saturated carbocycles. The molecule has 0 atom stereocenters. The summed E-state index contributed by atoms with van der Waals surface area (Å²) in [7, 11) is -2.31. The monoisotopic (exact) mass is 319 g/mol. The lowest BCUT2D eigenvalue weighted by Gasteiger charge is -2.02. The van der Waals surface area contributed by atoms with E-state index in [0.29, 0.717) is 5.56 Å². The van der Waals surface area contributed by atoms with Crippen LogP contribution >= 0.6 is 11.3 Å². The molecule has 2 aromatic carbocycles. The van der Waals surface area contributed by atoms with E-state index in [4.69, 9.17) is 0 Å². The average Bonchev–Trinajstić information content (AvgIpc) is 2.91. The Hall–Kier alpha value is -1.76. The van der Waals surface area contributed by atoms with Gasteiger partial charge in [0.2, 0.25) is 0 Å². The number of rotatable bonds is 4. The lowest BCUT2D eigenvalue weighted by atomic mass is 10.2. The summed E-state index contributed by atoms with van der Waals surface area (Å²) < 4.78 is 28.4. The van der Waals surface area contributed by atoms with Crippen LogP contribution in [-0.2, 0) is 20.1 Å². The molecular formula is C15H13NO3S2. The maximum atomic E-state index is 11.4. The number of hydrogen-bond donors (Lipinski definition) is 0. The van der Waals surface area contributed by atoms with Crippen LogP contribution in [0, 0.1) is 0 Å². The number of thiazole rings is 1. The fraction of sp³-hybridized carbons (Fsp3) is 0.133. The molecule has 0 radical (unpaired) electrons. The van der Waals surface area contributed by atoms with Crippen LogP contribution in [0.4, 0.5) is 0 Å². The molecule has 0 aliphatic rings. The van der Waals surface area contributed by atoms with Crippen LogP contribution in [0.5, 0.6) is 0 Å². The summed E-state index contributed by atoms with van der Waals surface area (Å²) in [5.41, 5.74) is 2.65. The molecular weight excluding hydrogens is 306 g/mol. The highest BCUT2D eigenvalue weighted by Crippen LogP contribution is 2.30. The molecule has 0 fully saturated rings. The SMILES string of the molecule is COS(=O)(=O)Cc1ccc(-c2nc3ccccc3s2)cc1. The Balaban J connectivity index is 1.90. The lowest BCUT2D eigenvalue weighted by molar-refractivity contribution is 0.397. The van der Waals surface area contributed by atoms with Crippen molar-refractivity contribution in [1.29, 1.82) is 0 Å². The van der Waals surface area contributed by atoms with E-state index in [0.717, 1.165) is 20.8 Å². The van der Waals surface area contributed by atoms with Gasteiger partial charge < -0.3 is 0 Å². The van der Waals surface area contributed by atoms with Crippen molar-refractivity contribution in [3.05, 3.63) is 54.1 Å². The zero-order valence-corrected chi connectivity index (χ0v) is 12.9. The third-order valence-corrected chi connectivity index (χ3v) is 5.37. The summed E-state index contributed by atoms with van der Waals surface area (Å²) in [6.45, 7) is 0. The van der Waals surface area contributed by atoms with Gasteiger partial charge in [-0.25, -0.2) is 4.98 Å². The molecule has 0 bridgehead atoms. The molecule has 0 spiro atoms. The summed E-state index contributed by atoms with van der Waals surface area (Å²) in [5.74, 6) is -0.121. The maximum Gasteiger partial charge on any atom is 0.271 e. The molecule has 1 aromatic heterocycles. The van der Waals surface area contributed by atoms with Crippen LogP contribution < -0.4 is 0 Å². The fourth-order valence-corrected chi connectivity index (χ4v) is 3.69. The Kier molecular flexibility index (Phi) is 3.75. The molecule has 6 heteroatoms. The van der Waals surface area contributed by atoms with Crippen molar-refractivity contribution >= 4 is 31.7 Å². The van der Waals surface area contributed by atoms with Crippen LogP contribution in [0.25, 0.3) is 20.8 Å². The lowest BCUT2D eigenvalue weighted by Crippen LogP contribution is -2.05. The number of fused-ring (bicyclic) bond motifs is 1. The number of aromatic nitrogens is 1. The second kappa shape index (κ2) is 5.55. The summed E-state index contributed by atoms with van der Waals surface area (Å²) in [6, 6.07) is 15.3. The van der Waals surface area contributed by atoms with Crippen LogP contribution in [0.2, 0.25) is 0 Å². The van der Waals surface area contributed by atoms with E-state index in [2.05, 4.69) is 9.17 Å². The molecule has 0 N–H and O–H groups in total. The Morgan fingerprint density at radius 1 is 1.10 bits per heavy atom. The first-order valence-corrected chi connectivity index (χ1v) is 8.70. The molecule has 21 heavy (non-hydrogen) atoms. The first-order valence-electron chi connectivity index (χ1n) is 6.30. The van der Waals surface area contributed by atoms with Crippen molar-refractivity contribution in [1.82, 2.24) is 4.98 Å². The van der Waals surface area contributed by atoms with Gasteiger partial charge in [0, 0.05) is 5.56 Å². The third kappa shape index (κ3) is 3.12. The summed E-state index contributed by atoms with van der Waals surface area (Å²) in [5, 5.41) is 0.928. The van der Waals surface area contributed by atoms with E-state index in [1.165, 1.54) is 7.11 Å². The van der Waals surface area contributed by atoms with E-state index >= 15 is 0 Å². The van der Waals surface area contributed by atoms with Crippen LogP contribution in [0.1, 0.15) is 5.56 Å².